The molecule has 3 rings (SSSR count). The number of hydrogen-bond donors (Lipinski definition) is 1. The molecule has 3 aromatic carbocycles. The van der Waals surface area contributed by atoms with Gasteiger partial charge in [0.2, 0.25) is 0 Å². The van der Waals surface area contributed by atoms with E-state index in [2.05, 4.69) is 91.0 Å². The normalized spacial score (nSPS) is 10.1. The average Bonchev–Trinajstić information content (AvgIpc) is 2.55. The van der Waals surface area contributed by atoms with Crippen molar-refractivity contribution in [2.45, 2.75) is 12.3 Å². The fourth-order valence-corrected chi connectivity index (χ4v) is 2.65. The predicted octanol–water partition coefficient (Wildman–Crippen LogP) is 5.22. The van der Waals surface area contributed by atoms with E-state index < -0.39 is 0 Å². The van der Waals surface area contributed by atoms with E-state index in [0.717, 1.165) is 6.42 Å². The van der Waals surface area contributed by atoms with Gasteiger partial charge >= 0.3 is 0 Å². The molecule has 106 valence electrons. The van der Waals surface area contributed by atoms with Crippen LogP contribution in [0.15, 0.2) is 91.0 Å². The summed E-state index contributed by atoms with van der Waals surface area (Å²) in [6.45, 7) is 0. The highest BCUT2D eigenvalue weighted by Crippen LogP contribution is 2.28. The van der Waals surface area contributed by atoms with Crippen LogP contribution in [0.2, 0.25) is 0 Å². The second-order valence-electron chi connectivity index (χ2n) is 5.06. The monoisotopic (exact) mass is 275 g/mol. The fraction of sp³-hybridized carbons (Fsp3) is 0.100. The minimum Gasteiger partial charge on any atom is -0.344 e. The standard InChI is InChI=1S/C20H18.H3N/c1-4-10-17(11-5-1)16-20(18-12-6-2-7-13-18)19-14-8-3-9-15-19;/h1-15,20H,16H2;1H3. The van der Waals surface area contributed by atoms with Gasteiger partial charge in [-0.2, -0.15) is 0 Å². The molecule has 0 aromatic heterocycles. The lowest BCUT2D eigenvalue weighted by atomic mass is 9.86. The van der Waals surface area contributed by atoms with Crippen LogP contribution in [0.3, 0.4) is 0 Å². The van der Waals surface area contributed by atoms with Crippen molar-refractivity contribution in [3.8, 4) is 0 Å². The van der Waals surface area contributed by atoms with E-state index in [1.165, 1.54) is 16.7 Å². The third-order valence-electron chi connectivity index (χ3n) is 3.69. The van der Waals surface area contributed by atoms with Crippen LogP contribution in [0.25, 0.3) is 0 Å². The van der Waals surface area contributed by atoms with E-state index in [4.69, 9.17) is 0 Å². The molecule has 0 saturated heterocycles. The molecule has 0 aliphatic carbocycles. The lowest BCUT2D eigenvalue weighted by Crippen LogP contribution is -2.04. The van der Waals surface area contributed by atoms with E-state index >= 15 is 0 Å². The summed E-state index contributed by atoms with van der Waals surface area (Å²) in [6, 6.07) is 32.2. The van der Waals surface area contributed by atoms with Crippen LogP contribution in [0.1, 0.15) is 22.6 Å². The molecule has 0 spiro atoms. The molecule has 21 heavy (non-hydrogen) atoms. The Bertz CT molecular complexity index is 593. The molecule has 0 atom stereocenters. The van der Waals surface area contributed by atoms with Crippen molar-refractivity contribution in [2.24, 2.45) is 0 Å². The first-order valence-electron chi connectivity index (χ1n) is 7.07. The summed E-state index contributed by atoms with van der Waals surface area (Å²) in [5.41, 5.74) is 4.13. The zero-order valence-electron chi connectivity index (χ0n) is 12.2. The van der Waals surface area contributed by atoms with Crippen molar-refractivity contribution >= 4 is 0 Å². The SMILES string of the molecule is N.c1ccc(CC(c2ccccc2)c2ccccc2)cc1. The molecule has 0 amide bonds. The molecular formula is C20H21N. The van der Waals surface area contributed by atoms with Gasteiger partial charge in [0.25, 0.3) is 0 Å². The minimum absolute atomic E-state index is 0. The summed E-state index contributed by atoms with van der Waals surface area (Å²) in [6.07, 6.45) is 1.04. The maximum absolute atomic E-state index is 2.22. The molecule has 0 aliphatic rings. The molecule has 0 heterocycles. The zero-order valence-corrected chi connectivity index (χ0v) is 12.2. The average molecular weight is 275 g/mol. The first-order valence-corrected chi connectivity index (χ1v) is 7.07. The summed E-state index contributed by atoms with van der Waals surface area (Å²) in [5, 5.41) is 0. The maximum atomic E-state index is 2.22. The second-order valence-corrected chi connectivity index (χ2v) is 5.06. The number of rotatable bonds is 4. The van der Waals surface area contributed by atoms with Gasteiger partial charge in [0.1, 0.15) is 0 Å². The van der Waals surface area contributed by atoms with Crippen LogP contribution in [0.4, 0.5) is 0 Å². The Labute approximate surface area is 126 Å². The smallest absolute Gasteiger partial charge is 0.0130 e. The van der Waals surface area contributed by atoms with Crippen LogP contribution in [0.5, 0.6) is 0 Å². The van der Waals surface area contributed by atoms with Crippen molar-refractivity contribution in [3.63, 3.8) is 0 Å². The minimum atomic E-state index is 0. The van der Waals surface area contributed by atoms with E-state index in [0.29, 0.717) is 5.92 Å². The molecular weight excluding hydrogens is 254 g/mol. The lowest BCUT2D eigenvalue weighted by Gasteiger charge is -2.18. The third kappa shape index (κ3) is 3.80. The van der Waals surface area contributed by atoms with Gasteiger partial charge in [-0.1, -0.05) is 91.0 Å². The second kappa shape index (κ2) is 7.41. The van der Waals surface area contributed by atoms with Crippen LogP contribution in [-0.4, -0.2) is 0 Å². The van der Waals surface area contributed by atoms with Crippen molar-refractivity contribution in [3.05, 3.63) is 108 Å². The molecule has 1 heteroatoms. The molecule has 0 radical (unpaired) electrons. The summed E-state index contributed by atoms with van der Waals surface area (Å²) in [7, 11) is 0. The Morgan fingerprint density at radius 2 is 0.905 bits per heavy atom. The van der Waals surface area contributed by atoms with Crippen LogP contribution in [0, 0.1) is 0 Å². The summed E-state index contributed by atoms with van der Waals surface area (Å²) in [5.74, 6) is 0.416. The molecule has 0 saturated carbocycles. The predicted molar refractivity (Wildman–Crippen MR) is 89.9 cm³/mol. The van der Waals surface area contributed by atoms with Crippen molar-refractivity contribution in [1.29, 1.82) is 0 Å². The fourth-order valence-electron chi connectivity index (χ4n) is 2.65. The van der Waals surface area contributed by atoms with Gasteiger partial charge in [0, 0.05) is 5.92 Å². The summed E-state index contributed by atoms with van der Waals surface area (Å²) < 4.78 is 0. The highest BCUT2D eigenvalue weighted by Gasteiger charge is 2.14. The highest BCUT2D eigenvalue weighted by atomic mass is 14.2. The lowest BCUT2D eigenvalue weighted by molar-refractivity contribution is 0.805. The molecule has 0 bridgehead atoms. The van der Waals surface area contributed by atoms with Crippen LogP contribution >= 0.6 is 0 Å². The van der Waals surface area contributed by atoms with E-state index in [1.807, 2.05) is 0 Å². The summed E-state index contributed by atoms with van der Waals surface area (Å²) >= 11 is 0. The Kier molecular flexibility index (Phi) is 5.30. The Morgan fingerprint density at radius 1 is 0.524 bits per heavy atom. The highest BCUT2D eigenvalue weighted by molar-refractivity contribution is 5.34. The molecule has 0 fully saturated rings. The van der Waals surface area contributed by atoms with Gasteiger partial charge in [-0.05, 0) is 23.1 Å². The Morgan fingerprint density at radius 3 is 1.33 bits per heavy atom. The Balaban J connectivity index is 0.00000161. The quantitative estimate of drug-likeness (QED) is 0.695. The molecule has 3 aromatic rings. The number of hydrogen-bond acceptors (Lipinski definition) is 1. The molecule has 0 aliphatic heterocycles. The maximum Gasteiger partial charge on any atom is 0.0130 e. The first-order chi connectivity index (χ1) is 9.93. The van der Waals surface area contributed by atoms with Gasteiger partial charge in [-0.3, -0.25) is 0 Å². The van der Waals surface area contributed by atoms with Gasteiger partial charge in [-0.25, -0.2) is 0 Å². The number of benzene rings is 3. The first kappa shape index (κ1) is 15.0. The van der Waals surface area contributed by atoms with Crippen LogP contribution < -0.4 is 6.15 Å². The van der Waals surface area contributed by atoms with Gasteiger partial charge < -0.3 is 6.15 Å². The third-order valence-corrected chi connectivity index (χ3v) is 3.69. The van der Waals surface area contributed by atoms with Crippen molar-refractivity contribution in [1.82, 2.24) is 6.15 Å². The Hall–Kier alpha value is -2.38. The van der Waals surface area contributed by atoms with E-state index in [9.17, 15) is 0 Å². The van der Waals surface area contributed by atoms with E-state index in [-0.39, 0.29) is 6.15 Å². The van der Waals surface area contributed by atoms with Crippen molar-refractivity contribution in [2.75, 3.05) is 0 Å². The molecule has 0 unspecified atom stereocenters. The van der Waals surface area contributed by atoms with Gasteiger partial charge in [0.05, 0.1) is 0 Å². The van der Waals surface area contributed by atoms with Gasteiger partial charge in [0.15, 0.2) is 0 Å². The van der Waals surface area contributed by atoms with E-state index in [1.54, 1.807) is 0 Å². The molecule has 3 N–H and O–H groups in total. The zero-order chi connectivity index (χ0) is 13.6. The van der Waals surface area contributed by atoms with Crippen molar-refractivity contribution < 1.29 is 0 Å². The summed E-state index contributed by atoms with van der Waals surface area (Å²) in [4.78, 5) is 0. The largest absolute Gasteiger partial charge is 0.344 e. The van der Waals surface area contributed by atoms with Gasteiger partial charge in [-0.15, -0.1) is 0 Å². The van der Waals surface area contributed by atoms with Crippen LogP contribution in [-0.2, 0) is 6.42 Å². The topological polar surface area (TPSA) is 35.0 Å². The molecule has 1 nitrogen and oxygen atoms in total.